The molecule has 0 unspecified atom stereocenters. The molecule has 3 rings (SSSR count). The molecule has 0 aliphatic carbocycles. The van der Waals surface area contributed by atoms with Crippen molar-refractivity contribution in [2.24, 2.45) is 0 Å². The third-order valence-electron chi connectivity index (χ3n) is 4.46. The number of aryl methyl sites for hydroxylation is 3. The molecule has 2 aromatic rings. The Bertz CT molecular complexity index is 1170. The molecule has 0 bridgehead atoms. The maximum absolute atomic E-state index is 13.0. The zero-order valence-corrected chi connectivity index (χ0v) is 18.7. The van der Waals surface area contributed by atoms with Crippen LogP contribution in [0, 0.1) is 20.8 Å². The van der Waals surface area contributed by atoms with Gasteiger partial charge in [-0.25, -0.2) is 21.1 Å². The molecule has 0 spiro atoms. The molecule has 0 atom stereocenters. The second kappa shape index (κ2) is 7.16. The molecule has 28 heavy (non-hydrogen) atoms. The van der Waals surface area contributed by atoms with Crippen LogP contribution in [-0.4, -0.2) is 28.5 Å². The zero-order valence-electron chi connectivity index (χ0n) is 15.5. The van der Waals surface area contributed by atoms with Gasteiger partial charge in [-0.1, -0.05) is 15.9 Å². The van der Waals surface area contributed by atoms with Crippen LogP contribution in [0.3, 0.4) is 0 Å². The fourth-order valence-corrected chi connectivity index (χ4v) is 6.78. The summed E-state index contributed by atoms with van der Waals surface area (Å²) in [6.07, 6.45) is -0.0785. The molecule has 1 saturated heterocycles. The van der Waals surface area contributed by atoms with Crippen LogP contribution in [0.25, 0.3) is 0 Å². The highest BCUT2D eigenvalue weighted by atomic mass is 79.9. The fourth-order valence-electron chi connectivity index (χ4n) is 3.27. The molecule has 0 radical (unpaired) electrons. The van der Waals surface area contributed by atoms with Crippen LogP contribution in [0.2, 0.25) is 0 Å². The first-order valence-electron chi connectivity index (χ1n) is 8.38. The van der Waals surface area contributed by atoms with E-state index in [1.807, 2.05) is 0 Å². The number of nitrogens with zero attached hydrogens (tertiary/aromatic N) is 1. The van der Waals surface area contributed by atoms with E-state index in [1.165, 1.54) is 12.1 Å². The lowest BCUT2D eigenvalue weighted by Crippen LogP contribution is -2.29. The normalized spacial score (nSPS) is 16.4. The number of anilines is 2. The van der Waals surface area contributed by atoms with Gasteiger partial charge in [-0.15, -0.1) is 0 Å². The van der Waals surface area contributed by atoms with Crippen LogP contribution in [0.1, 0.15) is 23.1 Å². The standard InChI is InChI=1S/C18H19BrN2O5S2/c1-11-8-14(19)4-5-16(11)20-28(25,26)18-12(2)9-15(10-13(18)3)21-17(22)6-7-27(21,23)24/h4-5,8-10,20H,6-7H2,1-3H3. The molecular weight excluding hydrogens is 468 g/mol. The van der Waals surface area contributed by atoms with Crippen LogP contribution in [0.15, 0.2) is 39.7 Å². The van der Waals surface area contributed by atoms with Gasteiger partial charge in [0.05, 0.1) is 22.0 Å². The van der Waals surface area contributed by atoms with Crippen molar-refractivity contribution < 1.29 is 21.6 Å². The number of nitrogens with one attached hydrogen (secondary N) is 1. The van der Waals surface area contributed by atoms with E-state index in [9.17, 15) is 21.6 Å². The summed E-state index contributed by atoms with van der Waals surface area (Å²) in [6, 6.07) is 8.01. The van der Waals surface area contributed by atoms with Gasteiger partial charge in [0.2, 0.25) is 15.9 Å². The van der Waals surface area contributed by atoms with Crippen LogP contribution < -0.4 is 9.03 Å². The molecule has 0 aromatic heterocycles. The molecule has 7 nitrogen and oxygen atoms in total. The Morgan fingerprint density at radius 1 is 1.04 bits per heavy atom. The average Bonchev–Trinajstić information content (AvgIpc) is 2.82. The lowest BCUT2D eigenvalue weighted by atomic mass is 10.1. The first-order valence-corrected chi connectivity index (χ1v) is 12.3. The van der Waals surface area contributed by atoms with E-state index in [-0.39, 0.29) is 22.8 Å². The van der Waals surface area contributed by atoms with Gasteiger partial charge in [0.1, 0.15) is 0 Å². The Balaban J connectivity index is 2.04. The number of hydrogen-bond acceptors (Lipinski definition) is 5. The Hall–Kier alpha value is -1.91. The summed E-state index contributed by atoms with van der Waals surface area (Å²) >= 11 is 3.34. The summed E-state index contributed by atoms with van der Waals surface area (Å²) in [7, 11) is -7.63. The van der Waals surface area contributed by atoms with E-state index in [0.717, 1.165) is 14.3 Å². The number of rotatable bonds is 4. The summed E-state index contributed by atoms with van der Waals surface area (Å²) in [5.41, 5.74) is 2.07. The number of halogens is 1. The van der Waals surface area contributed by atoms with Gasteiger partial charge in [-0.2, -0.15) is 0 Å². The van der Waals surface area contributed by atoms with Crippen molar-refractivity contribution in [1.82, 2.24) is 0 Å². The summed E-state index contributed by atoms with van der Waals surface area (Å²) in [4.78, 5) is 12.1. The van der Waals surface area contributed by atoms with Crippen molar-refractivity contribution >= 4 is 53.3 Å². The Labute approximate surface area is 173 Å². The number of hydrogen-bond donors (Lipinski definition) is 1. The minimum atomic E-state index is -3.91. The average molecular weight is 487 g/mol. The third kappa shape index (κ3) is 3.81. The van der Waals surface area contributed by atoms with Gasteiger partial charge < -0.3 is 0 Å². The highest BCUT2D eigenvalue weighted by Gasteiger charge is 2.37. The van der Waals surface area contributed by atoms with Gasteiger partial charge in [-0.05, 0) is 67.8 Å². The van der Waals surface area contributed by atoms with Gasteiger partial charge in [0.25, 0.3) is 10.0 Å². The molecule has 150 valence electrons. The number of sulfonamides is 2. The molecule has 0 saturated carbocycles. The van der Waals surface area contributed by atoms with E-state index < -0.39 is 26.0 Å². The predicted octanol–water partition coefficient (Wildman–Crippen LogP) is 3.24. The molecule has 1 aliphatic rings. The first-order chi connectivity index (χ1) is 12.9. The van der Waals surface area contributed by atoms with Crippen molar-refractivity contribution in [2.75, 3.05) is 14.8 Å². The van der Waals surface area contributed by atoms with Crippen molar-refractivity contribution in [2.45, 2.75) is 32.1 Å². The monoisotopic (exact) mass is 486 g/mol. The number of benzene rings is 2. The van der Waals surface area contributed by atoms with Crippen molar-refractivity contribution in [3.8, 4) is 0 Å². The first kappa shape index (κ1) is 20.8. The molecule has 1 aliphatic heterocycles. The maximum atomic E-state index is 13.0. The minimum Gasteiger partial charge on any atom is -0.279 e. The molecular formula is C18H19BrN2O5S2. The predicted molar refractivity (Wildman–Crippen MR) is 111 cm³/mol. The number of amides is 1. The lowest BCUT2D eigenvalue weighted by molar-refractivity contribution is -0.116. The molecule has 1 fully saturated rings. The molecule has 1 amide bonds. The quantitative estimate of drug-likeness (QED) is 0.714. The van der Waals surface area contributed by atoms with Crippen LogP contribution >= 0.6 is 15.9 Å². The van der Waals surface area contributed by atoms with Gasteiger partial charge in [0, 0.05) is 10.9 Å². The SMILES string of the molecule is Cc1cc(Br)ccc1NS(=O)(=O)c1c(C)cc(N2C(=O)CCS2(=O)=O)cc1C. The van der Waals surface area contributed by atoms with Gasteiger partial charge >= 0.3 is 0 Å². The summed E-state index contributed by atoms with van der Waals surface area (Å²) in [6.45, 7) is 4.94. The van der Waals surface area contributed by atoms with E-state index in [0.29, 0.717) is 16.8 Å². The van der Waals surface area contributed by atoms with Crippen molar-refractivity contribution in [1.29, 1.82) is 0 Å². The minimum absolute atomic E-state index is 0.0580. The maximum Gasteiger partial charge on any atom is 0.262 e. The highest BCUT2D eigenvalue weighted by Crippen LogP contribution is 2.32. The Morgan fingerprint density at radius 3 is 2.14 bits per heavy atom. The van der Waals surface area contributed by atoms with E-state index >= 15 is 0 Å². The Morgan fingerprint density at radius 2 is 1.64 bits per heavy atom. The van der Waals surface area contributed by atoms with E-state index in [1.54, 1.807) is 39.0 Å². The topological polar surface area (TPSA) is 101 Å². The van der Waals surface area contributed by atoms with Crippen molar-refractivity contribution in [3.63, 3.8) is 0 Å². The zero-order chi connectivity index (χ0) is 20.9. The molecule has 10 heteroatoms. The summed E-state index contributed by atoms with van der Waals surface area (Å²) < 4.78 is 54.4. The van der Waals surface area contributed by atoms with Gasteiger partial charge in [0.15, 0.2) is 0 Å². The van der Waals surface area contributed by atoms with Crippen LogP contribution in [-0.2, 0) is 24.8 Å². The fraction of sp³-hybridized carbons (Fsp3) is 0.278. The van der Waals surface area contributed by atoms with E-state index in [2.05, 4.69) is 20.7 Å². The smallest absolute Gasteiger partial charge is 0.262 e. The largest absolute Gasteiger partial charge is 0.279 e. The highest BCUT2D eigenvalue weighted by molar-refractivity contribution is 9.10. The molecule has 1 heterocycles. The number of carbonyl (C=O) groups is 1. The third-order valence-corrected chi connectivity index (χ3v) is 8.31. The Kier molecular flexibility index (Phi) is 5.32. The van der Waals surface area contributed by atoms with Crippen molar-refractivity contribution in [3.05, 3.63) is 51.5 Å². The van der Waals surface area contributed by atoms with Crippen LogP contribution in [0.5, 0.6) is 0 Å². The molecule has 1 N–H and O–H groups in total. The second-order valence-electron chi connectivity index (χ2n) is 6.70. The van der Waals surface area contributed by atoms with E-state index in [4.69, 9.17) is 0 Å². The number of carbonyl (C=O) groups excluding carboxylic acids is 1. The van der Waals surface area contributed by atoms with Gasteiger partial charge in [-0.3, -0.25) is 9.52 Å². The lowest BCUT2D eigenvalue weighted by Gasteiger charge is -2.19. The molecule has 2 aromatic carbocycles. The summed E-state index contributed by atoms with van der Waals surface area (Å²) in [5, 5.41) is 0. The van der Waals surface area contributed by atoms with Crippen LogP contribution in [0.4, 0.5) is 11.4 Å². The summed E-state index contributed by atoms with van der Waals surface area (Å²) in [5.74, 6) is -0.757. The second-order valence-corrected chi connectivity index (χ2v) is 11.2.